The van der Waals surface area contributed by atoms with E-state index in [1.54, 1.807) is 0 Å². The normalized spacial score (nSPS) is 13.8. The van der Waals surface area contributed by atoms with Crippen molar-refractivity contribution in [2.24, 2.45) is 0 Å². The minimum atomic E-state index is -1.30. The number of carbonyl (C=O) groups is 2. The Labute approximate surface area is 115 Å². The van der Waals surface area contributed by atoms with Crippen LogP contribution in [-0.2, 0) is 4.79 Å². The fraction of sp³-hybridized carbons (Fsp3) is 0.385. The number of carbonyl (C=O) groups excluding carboxylic acids is 2. The molecular weight excluding hydrogens is 268 g/mol. The van der Waals surface area contributed by atoms with Crippen LogP contribution in [0.25, 0.3) is 0 Å². The van der Waals surface area contributed by atoms with Gasteiger partial charge < -0.3 is 15.3 Å². The van der Waals surface area contributed by atoms with E-state index < -0.39 is 12.2 Å². The molecule has 0 amide bonds. The number of phenols is 1. The number of hydrogen-bond acceptors (Lipinski definition) is 6. The predicted octanol–water partition coefficient (Wildman–Crippen LogP) is 1.27. The maximum Gasteiger partial charge on any atom is 0.185 e. The van der Waals surface area contributed by atoms with Crippen LogP contribution in [0.15, 0.2) is 18.2 Å². The van der Waals surface area contributed by atoms with Crippen LogP contribution in [0.4, 0.5) is 0 Å². The van der Waals surface area contributed by atoms with Crippen molar-refractivity contribution in [1.29, 1.82) is 0 Å². The van der Waals surface area contributed by atoms with E-state index in [4.69, 9.17) is 0 Å². The number of aliphatic hydroxyl groups excluding tert-OH is 2. The minimum Gasteiger partial charge on any atom is -0.508 e. The second kappa shape index (κ2) is 7.28. The summed E-state index contributed by atoms with van der Waals surface area (Å²) in [6, 6.07) is 4.03. The average molecular weight is 284 g/mol. The molecular formula is C13H16O5S. The largest absolute Gasteiger partial charge is 0.508 e. The molecule has 0 heterocycles. The number of benzene rings is 1. The Balaban J connectivity index is 2.72. The zero-order valence-corrected chi connectivity index (χ0v) is 11.3. The molecule has 0 aliphatic heterocycles. The summed E-state index contributed by atoms with van der Waals surface area (Å²) in [6.07, 6.45) is -1.61. The Morgan fingerprint density at radius 1 is 1.42 bits per heavy atom. The third-order valence-corrected chi connectivity index (χ3v) is 3.44. The number of thioether (sulfide) groups is 1. The number of aliphatic hydroxyl groups is 2. The highest BCUT2D eigenvalue weighted by Gasteiger charge is 2.21. The summed E-state index contributed by atoms with van der Waals surface area (Å²) in [5, 5.41) is 29.3. The van der Waals surface area contributed by atoms with Crippen molar-refractivity contribution in [2.75, 3.05) is 5.75 Å². The summed E-state index contributed by atoms with van der Waals surface area (Å²) in [5.41, 5.74) is 0.405. The predicted molar refractivity (Wildman–Crippen MR) is 72.2 cm³/mol. The van der Waals surface area contributed by atoms with E-state index >= 15 is 0 Å². The summed E-state index contributed by atoms with van der Waals surface area (Å²) in [6.45, 7) is 1.42. The average Bonchev–Trinajstić information content (AvgIpc) is 2.38. The summed E-state index contributed by atoms with van der Waals surface area (Å²) in [5.74, 6) is 0.193. The third kappa shape index (κ3) is 4.66. The van der Waals surface area contributed by atoms with E-state index in [9.17, 15) is 24.9 Å². The lowest BCUT2D eigenvalue weighted by Crippen LogP contribution is -2.19. The van der Waals surface area contributed by atoms with Crippen LogP contribution < -0.4 is 0 Å². The van der Waals surface area contributed by atoms with Gasteiger partial charge in [0.1, 0.15) is 18.1 Å². The van der Waals surface area contributed by atoms with Crippen molar-refractivity contribution in [3.8, 4) is 5.75 Å². The molecule has 0 saturated heterocycles. The molecule has 1 aromatic rings. The summed E-state index contributed by atoms with van der Waals surface area (Å²) in [7, 11) is 0. The molecule has 0 aromatic heterocycles. The van der Waals surface area contributed by atoms with Crippen molar-refractivity contribution in [3.63, 3.8) is 0 Å². The summed E-state index contributed by atoms with van der Waals surface area (Å²) >= 11 is 1.06. The van der Waals surface area contributed by atoms with Gasteiger partial charge in [-0.25, -0.2) is 0 Å². The molecule has 6 heteroatoms. The van der Waals surface area contributed by atoms with E-state index in [1.165, 1.54) is 25.1 Å². The van der Waals surface area contributed by atoms with Crippen LogP contribution >= 0.6 is 11.8 Å². The molecule has 0 saturated carbocycles. The molecule has 2 unspecified atom stereocenters. The summed E-state index contributed by atoms with van der Waals surface area (Å²) < 4.78 is 0. The number of hydrogen-bond donors (Lipinski definition) is 3. The molecule has 104 valence electrons. The summed E-state index contributed by atoms with van der Waals surface area (Å²) in [4.78, 5) is 21.4. The first-order valence-electron chi connectivity index (χ1n) is 5.73. The van der Waals surface area contributed by atoms with Gasteiger partial charge in [0, 0.05) is 23.8 Å². The van der Waals surface area contributed by atoms with Crippen LogP contribution in [0.1, 0.15) is 35.4 Å². The third-order valence-electron chi connectivity index (χ3n) is 2.59. The molecule has 2 atom stereocenters. The zero-order valence-electron chi connectivity index (χ0n) is 10.4. The standard InChI is InChI=1S/C13H16O5S/c1-8(15)19-5-4-12(17)13(18)10-6-9(7-14)2-3-11(10)16/h2-3,6-7,12-13,16-18H,4-5H2,1H3. The molecule has 0 aliphatic carbocycles. The first-order valence-corrected chi connectivity index (χ1v) is 6.72. The number of phenolic OH excluding ortho intramolecular Hbond substituents is 1. The van der Waals surface area contributed by atoms with Crippen LogP contribution in [0.2, 0.25) is 0 Å². The highest BCUT2D eigenvalue weighted by molar-refractivity contribution is 8.13. The van der Waals surface area contributed by atoms with Crippen molar-refractivity contribution >= 4 is 23.2 Å². The fourth-order valence-corrected chi connectivity index (χ4v) is 2.22. The van der Waals surface area contributed by atoms with E-state index in [-0.39, 0.29) is 22.8 Å². The Morgan fingerprint density at radius 2 is 2.11 bits per heavy atom. The molecule has 0 radical (unpaired) electrons. The molecule has 0 bridgehead atoms. The van der Waals surface area contributed by atoms with Crippen molar-refractivity contribution in [2.45, 2.75) is 25.6 Å². The maximum absolute atomic E-state index is 10.7. The van der Waals surface area contributed by atoms with Crippen LogP contribution in [-0.4, -0.2) is 38.6 Å². The first-order chi connectivity index (χ1) is 8.95. The van der Waals surface area contributed by atoms with Gasteiger partial charge in [-0.3, -0.25) is 9.59 Å². The molecule has 5 nitrogen and oxygen atoms in total. The molecule has 0 fully saturated rings. The van der Waals surface area contributed by atoms with Crippen molar-refractivity contribution in [3.05, 3.63) is 29.3 Å². The molecule has 19 heavy (non-hydrogen) atoms. The van der Waals surface area contributed by atoms with Crippen LogP contribution in [0.5, 0.6) is 5.75 Å². The molecule has 1 aromatic carbocycles. The first kappa shape index (κ1) is 15.7. The second-order valence-corrected chi connectivity index (χ2v) is 5.35. The van der Waals surface area contributed by atoms with Gasteiger partial charge in [-0.15, -0.1) is 0 Å². The van der Waals surface area contributed by atoms with Gasteiger partial charge in [-0.2, -0.15) is 0 Å². The highest BCUT2D eigenvalue weighted by atomic mass is 32.2. The van der Waals surface area contributed by atoms with Gasteiger partial charge in [0.05, 0.1) is 6.10 Å². The van der Waals surface area contributed by atoms with Crippen LogP contribution in [0.3, 0.4) is 0 Å². The smallest absolute Gasteiger partial charge is 0.185 e. The van der Waals surface area contributed by atoms with E-state index in [1.807, 2.05) is 0 Å². The van der Waals surface area contributed by atoms with Crippen LogP contribution in [0, 0.1) is 0 Å². The Kier molecular flexibility index (Phi) is 6.01. The number of rotatable bonds is 6. The Bertz CT molecular complexity index is 460. The Morgan fingerprint density at radius 3 is 2.68 bits per heavy atom. The quantitative estimate of drug-likeness (QED) is 0.681. The number of aldehydes is 1. The van der Waals surface area contributed by atoms with Gasteiger partial charge in [-0.1, -0.05) is 11.8 Å². The SMILES string of the molecule is CC(=O)SCCC(O)C(O)c1cc(C=O)ccc1O. The minimum absolute atomic E-state index is 0.0625. The number of aromatic hydroxyl groups is 1. The molecule has 0 spiro atoms. The van der Waals surface area contributed by atoms with Gasteiger partial charge in [0.25, 0.3) is 0 Å². The lowest BCUT2D eigenvalue weighted by Gasteiger charge is -2.19. The van der Waals surface area contributed by atoms with E-state index in [0.717, 1.165) is 11.8 Å². The lowest BCUT2D eigenvalue weighted by molar-refractivity contribution is -0.109. The maximum atomic E-state index is 10.7. The zero-order chi connectivity index (χ0) is 14.4. The Hall–Kier alpha value is -1.37. The van der Waals surface area contributed by atoms with Crippen molar-refractivity contribution < 1.29 is 24.9 Å². The van der Waals surface area contributed by atoms with Gasteiger partial charge in [0.2, 0.25) is 0 Å². The van der Waals surface area contributed by atoms with Crippen molar-refractivity contribution in [1.82, 2.24) is 0 Å². The molecule has 3 N–H and O–H groups in total. The second-order valence-electron chi connectivity index (χ2n) is 4.08. The van der Waals surface area contributed by atoms with Gasteiger partial charge >= 0.3 is 0 Å². The van der Waals surface area contributed by atoms with Gasteiger partial charge in [0.15, 0.2) is 5.12 Å². The van der Waals surface area contributed by atoms with E-state index in [2.05, 4.69) is 0 Å². The highest BCUT2D eigenvalue weighted by Crippen LogP contribution is 2.28. The monoisotopic (exact) mass is 284 g/mol. The molecule has 1 rings (SSSR count). The fourth-order valence-electron chi connectivity index (χ4n) is 1.57. The van der Waals surface area contributed by atoms with Gasteiger partial charge in [-0.05, 0) is 24.6 Å². The lowest BCUT2D eigenvalue weighted by atomic mass is 10.00. The topological polar surface area (TPSA) is 94.8 Å². The molecule has 0 aliphatic rings. The van der Waals surface area contributed by atoms with E-state index in [0.29, 0.717) is 17.6 Å².